The quantitative estimate of drug-likeness (QED) is 0.578. The van der Waals surface area contributed by atoms with Crippen LogP contribution in [0, 0.1) is 0 Å². The first kappa shape index (κ1) is 21.8. The van der Waals surface area contributed by atoms with Crippen LogP contribution in [0.5, 0.6) is 11.5 Å². The summed E-state index contributed by atoms with van der Waals surface area (Å²) in [6, 6.07) is 13.2. The number of benzene rings is 3. The minimum atomic E-state index is 0.607. The van der Waals surface area contributed by atoms with Gasteiger partial charge >= 0.3 is 0 Å². The third-order valence-electron chi connectivity index (χ3n) is 7.25. The lowest BCUT2D eigenvalue weighted by Gasteiger charge is -2.20. The van der Waals surface area contributed by atoms with Crippen LogP contribution in [0.15, 0.2) is 48.4 Å². The molecule has 35 heavy (non-hydrogen) atoms. The first-order chi connectivity index (χ1) is 17.3. The van der Waals surface area contributed by atoms with Gasteiger partial charge in [-0.15, -0.1) is 0 Å². The highest BCUT2D eigenvalue weighted by atomic mass is 16.6. The summed E-state index contributed by atoms with van der Waals surface area (Å²) in [5.74, 6) is 2.41. The Morgan fingerprint density at radius 3 is 2.40 bits per heavy atom. The van der Waals surface area contributed by atoms with Crippen LogP contribution in [-0.2, 0) is 15.9 Å². The second-order valence-electron chi connectivity index (χ2n) is 9.26. The summed E-state index contributed by atoms with van der Waals surface area (Å²) < 4.78 is 22.6. The number of hydrogen-bond acceptors (Lipinski definition) is 4. The van der Waals surface area contributed by atoms with Gasteiger partial charge in [-0.25, -0.2) is 0 Å². The predicted octanol–water partition coefficient (Wildman–Crippen LogP) is 3.42. The van der Waals surface area contributed by atoms with Gasteiger partial charge < -0.3 is 18.9 Å². The van der Waals surface area contributed by atoms with E-state index in [1.165, 1.54) is 48.3 Å². The first-order valence-electron chi connectivity index (χ1n) is 12.4. The molecule has 0 spiro atoms. The van der Waals surface area contributed by atoms with E-state index in [0.717, 1.165) is 49.4 Å². The zero-order valence-corrected chi connectivity index (χ0v) is 20.4. The Morgan fingerprint density at radius 1 is 0.771 bits per heavy atom. The molecule has 6 rings (SSSR count). The summed E-state index contributed by atoms with van der Waals surface area (Å²) in [6.45, 7) is 1.22. The number of hydrogen-bond donors (Lipinski definition) is 0. The zero-order chi connectivity index (χ0) is 23.8. The summed E-state index contributed by atoms with van der Waals surface area (Å²) in [5, 5.41) is 7.96. The number of ether oxygens (including phenoxy) is 4. The van der Waals surface area contributed by atoms with Crippen molar-refractivity contribution in [3.05, 3.63) is 80.4 Å². The van der Waals surface area contributed by atoms with Crippen molar-refractivity contribution in [2.75, 3.05) is 27.4 Å². The third kappa shape index (κ3) is 3.87. The van der Waals surface area contributed by atoms with Gasteiger partial charge in [0.1, 0.15) is 19.5 Å². The number of rotatable bonds is 5. The van der Waals surface area contributed by atoms with Gasteiger partial charge in [0.2, 0.25) is 0 Å². The second-order valence-corrected chi connectivity index (χ2v) is 9.26. The molecular weight excluding hydrogens is 436 g/mol. The highest BCUT2D eigenvalue weighted by Gasteiger charge is 2.17. The van der Waals surface area contributed by atoms with Gasteiger partial charge in [0.05, 0.1) is 14.2 Å². The Kier molecular flexibility index (Phi) is 5.73. The van der Waals surface area contributed by atoms with Crippen LogP contribution in [0.1, 0.15) is 36.8 Å². The predicted molar refractivity (Wildman–Crippen MR) is 140 cm³/mol. The molecule has 2 aliphatic carbocycles. The van der Waals surface area contributed by atoms with E-state index in [1.807, 2.05) is 6.07 Å². The number of allylic oxidation sites excluding steroid dienone is 1. The topological polar surface area (TPSA) is 36.9 Å². The molecule has 0 fully saturated rings. The highest BCUT2D eigenvalue weighted by Crippen LogP contribution is 2.28. The van der Waals surface area contributed by atoms with E-state index < -0.39 is 0 Å². The molecule has 0 saturated carbocycles. The van der Waals surface area contributed by atoms with Crippen LogP contribution in [0.2, 0.25) is 0 Å². The van der Waals surface area contributed by atoms with Gasteiger partial charge in [0, 0.05) is 5.57 Å². The van der Waals surface area contributed by atoms with E-state index in [-0.39, 0.29) is 0 Å². The average Bonchev–Trinajstić information content (AvgIpc) is 2.93. The Balaban J connectivity index is 1.58. The van der Waals surface area contributed by atoms with Crippen LogP contribution < -0.4 is 30.3 Å². The van der Waals surface area contributed by atoms with Crippen LogP contribution in [-0.4, -0.2) is 27.4 Å². The van der Waals surface area contributed by atoms with Crippen molar-refractivity contribution in [2.45, 2.75) is 32.1 Å². The van der Waals surface area contributed by atoms with Gasteiger partial charge in [0.15, 0.2) is 17.3 Å². The molecule has 0 radical (unpaired) electrons. The molecule has 0 N–H and O–H groups in total. The standard InChI is InChI=1S/C31H30O4/c1-32-29-13-10-20(17-30(29)33-2)16-21-18-28-24-8-5-9-27(31-19-34-14-15-35-31)25(24)11-12-26(28)23-7-4-3-6-22(21)23/h6-8,10-13,17-19H,3-5,9,14-16H2,1-2H3. The van der Waals surface area contributed by atoms with E-state index in [0.29, 0.717) is 13.2 Å². The molecule has 178 valence electrons. The van der Waals surface area contributed by atoms with Crippen molar-refractivity contribution in [2.24, 2.45) is 0 Å². The second kappa shape index (κ2) is 9.18. The Morgan fingerprint density at radius 2 is 1.60 bits per heavy atom. The molecule has 0 saturated heterocycles. The maximum atomic E-state index is 5.97. The Hall–Kier alpha value is -3.66. The van der Waals surface area contributed by atoms with Crippen LogP contribution >= 0.6 is 0 Å². The van der Waals surface area contributed by atoms with Gasteiger partial charge in [-0.3, -0.25) is 0 Å². The van der Waals surface area contributed by atoms with E-state index in [9.17, 15) is 0 Å². The van der Waals surface area contributed by atoms with Crippen LogP contribution in [0.3, 0.4) is 0 Å². The Labute approximate surface area is 205 Å². The monoisotopic (exact) mass is 466 g/mol. The van der Waals surface area contributed by atoms with Crippen LogP contribution in [0.25, 0.3) is 34.6 Å². The SMILES string of the molecule is COc1ccc(Cc2cc3c4c(ccc3c3c2=CCCC=3)=C(C2=COCCO2)CCC=4)cc1OC. The summed E-state index contributed by atoms with van der Waals surface area (Å²) >= 11 is 0. The Bertz CT molecular complexity index is 1590. The van der Waals surface area contributed by atoms with Gasteiger partial charge in [-0.1, -0.05) is 36.4 Å². The van der Waals surface area contributed by atoms with Crippen molar-refractivity contribution in [1.82, 2.24) is 0 Å². The smallest absolute Gasteiger partial charge is 0.160 e. The lowest BCUT2D eigenvalue weighted by molar-refractivity contribution is 0.0932. The van der Waals surface area contributed by atoms with E-state index in [2.05, 4.69) is 48.6 Å². The molecule has 3 aromatic rings. The van der Waals surface area contributed by atoms with Crippen LogP contribution in [0.4, 0.5) is 0 Å². The first-order valence-corrected chi connectivity index (χ1v) is 12.4. The molecule has 4 nitrogen and oxygen atoms in total. The highest BCUT2D eigenvalue weighted by molar-refractivity contribution is 5.88. The molecule has 0 aromatic heterocycles. The van der Waals surface area contributed by atoms with Gasteiger partial charge in [-0.2, -0.15) is 0 Å². The molecule has 0 unspecified atom stereocenters. The van der Waals surface area contributed by atoms with Crippen molar-refractivity contribution in [1.29, 1.82) is 0 Å². The van der Waals surface area contributed by atoms with Crippen molar-refractivity contribution in [3.63, 3.8) is 0 Å². The number of fused-ring (bicyclic) bond motifs is 5. The van der Waals surface area contributed by atoms with Crippen molar-refractivity contribution in [3.8, 4) is 11.5 Å². The largest absolute Gasteiger partial charge is 0.494 e. The maximum absolute atomic E-state index is 5.97. The third-order valence-corrected chi connectivity index (χ3v) is 7.25. The molecule has 3 aromatic carbocycles. The molecule has 0 amide bonds. The molecule has 4 heteroatoms. The normalized spacial score (nSPS) is 16.4. The van der Waals surface area contributed by atoms with Crippen molar-refractivity contribution < 1.29 is 18.9 Å². The molecular formula is C31H30O4. The fourth-order valence-corrected chi connectivity index (χ4v) is 5.63. The summed E-state index contributed by atoms with van der Waals surface area (Å²) in [7, 11) is 3.36. The fourth-order valence-electron chi connectivity index (χ4n) is 5.63. The van der Waals surface area contributed by atoms with Crippen molar-refractivity contribution >= 4 is 34.6 Å². The summed E-state index contributed by atoms with van der Waals surface area (Å²) in [4.78, 5) is 0. The minimum absolute atomic E-state index is 0.607. The summed E-state index contributed by atoms with van der Waals surface area (Å²) in [5.41, 5.74) is 3.81. The lowest BCUT2D eigenvalue weighted by Crippen LogP contribution is -2.37. The molecule has 1 heterocycles. The lowest BCUT2D eigenvalue weighted by atomic mass is 9.89. The average molecular weight is 467 g/mol. The van der Waals surface area contributed by atoms with Gasteiger partial charge in [0.25, 0.3) is 0 Å². The zero-order valence-electron chi connectivity index (χ0n) is 20.4. The maximum Gasteiger partial charge on any atom is 0.160 e. The minimum Gasteiger partial charge on any atom is -0.494 e. The molecule has 0 bridgehead atoms. The van der Waals surface area contributed by atoms with Gasteiger partial charge in [-0.05, 0) is 93.1 Å². The summed E-state index contributed by atoms with van der Waals surface area (Å²) in [6.07, 6.45) is 14.0. The van der Waals surface area contributed by atoms with E-state index in [1.54, 1.807) is 20.5 Å². The van der Waals surface area contributed by atoms with E-state index in [4.69, 9.17) is 18.9 Å². The fraction of sp³-hybridized carbons (Fsp3) is 0.290. The molecule has 0 atom stereocenters. The number of methoxy groups -OCH3 is 2. The van der Waals surface area contributed by atoms with E-state index >= 15 is 0 Å². The molecule has 3 aliphatic rings. The molecule has 1 aliphatic heterocycles.